The van der Waals surface area contributed by atoms with Gasteiger partial charge in [-0.05, 0) is 87.2 Å². The number of rotatable bonds is 2. The van der Waals surface area contributed by atoms with Gasteiger partial charge in [0.25, 0.3) is 0 Å². The summed E-state index contributed by atoms with van der Waals surface area (Å²) >= 11 is 0. The van der Waals surface area contributed by atoms with E-state index < -0.39 is 22.9 Å². The van der Waals surface area contributed by atoms with Crippen LogP contribution >= 0.6 is 0 Å². The molecule has 3 aliphatic heterocycles. The molecule has 5 aliphatic rings. The van der Waals surface area contributed by atoms with Crippen molar-refractivity contribution in [1.82, 2.24) is 9.47 Å². The largest absolute Gasteiger partial charge is 0.504 e. The van der Waals surface area contributed by atoms with Gasteiger partial charge >= 0.3 is 0 Å². The van der Waals surface area contributed by atoms with E-state index in [-0.39, 0.29) is 17.5 Å². The van der Waals surface area contributed by atoms with Gasteiger partial charge in [-0.3, -0.25) is 4.90 Å². The average Bonchev–Trinajstić information content (AvgIpc) is 3.53. The summed E-state index contributed by atoms with van der Waals surface area (Å²) in [6.45, 7) is 6.71. The number of phenolic OH excluding ortho intramolecular Hbond substituents is 2. The molecule has 1 saturated carbocycles. The molecule has 6 nitrogen and oxygen atoms in total. The van der Waals surface area contributed by atoms with Gasteiger partial charge in [0, 0.05) is 36.5 Å². The van der Waals surface area contributed by atoms with Crippen molar-refractivity contribution in [2.24, 2.45) is 5.92 Å². The van der Waals surface area contributed by atoms with Gasteiger partial charge in [-0.15, -0.1) is 0 Å². The molecule has 7 heteroatoms. The fourth-order valence-electron chi connectivity index (χ4n) is 8.56. The number of aromatic nitrogens is 1. The Kier molecular flexibility index (Phi) is 4.21. The first kappa shape index (κ1) is 22.2. The first-order valence-electron chi connectivity index (χ1n) is 13.8. The summed E-state index contributed by atoms with van der Waals surface area (Å²) in [6, 6.07) is 4.89. The van der Waals surface area contributed by atoms with Crippen LogP contribution in [0.1, 0.15) is 66.7 Å². The molecule has 37 heavy (non-hydrogen) atoms. The number of ether oxygens (including phenoxy) is 1. The van der Waals surface area contributed by atoms with Gasteiger partial charge in [-0.2, -0.15) is 0 Å². The van der Waals surface area contributed by atoms with Gasteiger partial charge in [0.15, 0.2) is 29.2 Å². The van der Waals surface area contributed by atoms with Crippen LogP contribution in [0.3, 0.4) is 0 Å². The second-order valence-electron chi connectivity index (χ2n) is 12.2. The molecule has 0 bridgehead atoms. The maximum Gasteiger partial charge on any atom is 0.166 e. The Morgan fingerprint density at radius 1 is 1.19 bits per heavy atom. The van der Waals surface area contributed by atoms with Crippen LogP contribution in [0, 0.1) is 18.7 Å². The quantitative estimate of drug-likeness (QED) is 0.475. The van der Waals surface area contributed by atoms with E-state index in [0.717, 1.165) is 65.9 Å². The number of aromatic hydroxyl groups is 2. The molecule has 2 fully saturated rings. The minimum absolute atomic E-state index is 0.0886. The van der Waals surface area contributed by atoms with Crippen molar-refractivity contribution in [3.63, 3.8) is 0 Å². The lowest BCUT2D eigenvalue weighted by atomic mass is 9.52. The maximum atomic E-state index is 15.0. The van der Waals surface area contributed by atoms with Gasteiger partial charge in [-0.25, -0.2) is 4.39 Å². The van der Waals surface area contributed by atoms with Gasteiger partial charge in [0.1, 0.15) is 0 Å². The zero-order chi connectivity index (χ0) is 25.4. The second-order valence-corrected chi connectivity index (χ2v) is 12.2. The zero-order valence-electron chi connectivity index (χ0n) is 21.4. The molecule has 3 aromatic rings. The van der Waals surface area contributed by atoms with Crippen molar-refractivity contribution in [3.05, 3.63) is 52.0 Å². The van der Waals surface area contributed by atoms with Crippen molar-refractivity contribution >= 4 is 10.9 Å². The number of phenols is 2. The van der Waals surface area contributed by atoms with E-state index in [1.165, 1.54) is 18.9 Å². The molecule has 1 saturated heterocycles. The van der Waals surface area contributed by atoms with E-state index in [0.29, 0.717) is 29.9 Å². The van der Waals surface area contributed by atoms with Gasteiger partial charge in [0.05, 0.1) is 22.2 Å². The summed E-state index contributed by atoms with van der Waals surface area (Å²) < 4.78 is 24.0. The summed E-state index contributed by atoms with van der Waals surface area (Å²) in [5.74, 6) is 0.294. The molecule has 3 N–H and O–H groups in total. The van der Waals surface area contributed by atoms with E-state index in [9.17, 15) is 15.3 Å². The maximum absolute atomic E-state index is 15.0. The van der Waals surface area contributed by atoms with E-state index >= 15 is 4.39 Å². The minimum Gasteiger partial charge on any atom is -0.504 e. The summed E-state index contributed by atoms with van der Waals surface area (Å²) in [5, 5.41) is 35.5. The third-order valence-corrected chi connectivity index (χ3v) is 10.5. The number of benzene rings is 2. The fourth-order valence-corrected chi connectivity index (χ4v) is 8.56. The Bertz CT molecular complexity index is 1510. The number of likely N-dealkylation sites (tertiary alicyclic amines) is 1. The molecule has 1 spiro atoms. The highest BCUT2D eigenvalue weighted by molar-refractivity contribution is 5.95. The highest BCUT2D eigenvalue weighted by atomic mass is 19.1. The van der Waals surface area contributed by atoms with Crippen molar-refractivity contribution in [2.45, 2.75) is 82.1 Å². The number of piperidine rings is 1. The molecule has 0 radical (unpaired) electrons. The van der Waals surface area contributed by atoms with Gasteiger partial charge in [0.2, 0.25) is 0 Å². The molecular weight excluding hydrogens is 471 g/mol. The number of fused-ring (bicyclic) bond motifs is 5. The summed E-state index contributed by atoms with van der Waals surface area (Å²) in [5.41, 5.74) is 3.42. The predicted molar refractivity (Wildman–Crippen MR) is 137 cm³/mol. The van der Waals surface area contributed by atoms with Crippen molar-refractivity contribution in [3.8, 4) is 17.2 Å². The fraction of sp³-hybridized carbons (Fsp3) is 0.533. The molecule has 4 atom stereocenters. The van der Waals surface area contributed by atoms with Crippen molar-refractivity contribution in [2.75, 3.05) is 13.1 Å². The van der Waals surface area contributed by atoms with Crippen molar-refractivity contribution < 1.29 is 24.4 Å². The monoisotopic (exact) mass is 504 g/mol. The van der Waals surface area contributed by atoms with E-state index in [2.05, 4.69) is 16.4 Å². The Morgan fingerprint density at radius 2 is 2.00 bits per heavy atom. The van der Waals surface area contributed by atoms with Crippen LogP contribution in [-0.4, -0.2) is 49.5 Å². The molecule has 0 amide bonds. The van der Waals surface area contributed by atoms with E-state index in [1.54, 1.807) is 6.07 Å². The standard InChI is InChI=1S/C30H33FN2O4/c1-15-5-8-21(34)27-23(15)29-9-11-32(14-17-6-7-17)16(2)30(29,36)13-19-22-24-18(12-20(31)26(22)35)4-3-10-33(24)25(19)28(29)37-27/h5,8,12,16-17,28,34-36H,3-4,6-7,9-11,13-14H2,1-2H3/t16-,28+,29+,30-/m1/s1. The lowest BCUT2D eigenvalue weighted by Gasteiger charge is -2.60. The van der Waals surface area contributed by atoms with Crippen LogP contribution in [0.2, 0.25) is 0 Å². The average molecular weight is 505 g/mol. The summed E-state index contributed by atoms with van der Waals surface area (Å²) in [4.78, 5) is 2.42. The van der Waals surface area contributed by atoms with Crippen molar-refractivity contribution in [1.29, 1.82) is 0 Å². The van der Waals surface area contributed by atoms with Crippen LogP contribution in [0.15, 0.2) is 18.2 Å². The van der Waals surface area contributed by atoms with Crippen LogP contribution in [0.25, 0.3) is 10.9 Å². The molecule has 2 aromatic carbocycles. The lowest BCUT2D eigenvalue weighted by molar-refractivity contribution is -0.163. The van der Waals surface area contributed by atoms with Crippen LogP contribution in [0.4, 0.5) is 4.39 Å². The number of nitrogens with zero attached hydrogens (tertiary/aromatic N) is 2. The predicted octanol–water partition coefficient (Wildman–Crippen LogP) is 4.61. The van der Waals surface area contributed by atoms with Gasteiger partial charge < -0.3 is 24.6 Å². The topological polar surface area (TPSA) is 78.1 Å². The summed E-state index contributed by atoms with van der Waals surface area (Å²) in [6.07, 6.45) is 4.58. The van der Waals surface area contributed by atoms with Gasteiger partial charge in [-0.1, -0.05) is 6.07 Å². The normalized spacial score (nSPS) is 32.0. The molecular formula is C30H33FN2O4. The molecule has 1 aromatic heterocycles. The number of halogens is 1. The lowest BCUT2D eigenvalue weighted by Crippen LogP contribution is -2.71. The highest BCUT2D eigenvalue weighted by Gasteiger charge is 2.70. The molecule has 8 rings (SSSR count). The van der Waals surface area contributed by atoms with E-state index in [4.69, 9.17) is 4.74 Å². The number of aliphatic hydroxyl groups is 1. The first-order chi connectivity index (χ1) is 17.8. The Labute approximate surface area is 215 Å². The Balaban J connectivity index is 1.45. The number of hydrogen-bond acceptors (Lipinski definition) is 5. The third kappa shape index (κ3) is 2.53. The molecule has 4 heterocycles. The summed E-state index contributed by atoms with van der Waals surface area (Å²) in [7, 11) is 0. The van der Waals surface area contributed by atoms with E-state index in [1.807, 2.05) is 13.0 Å². The first-order valence-corrected chi connectivity index (χ1v) is 13.8. The second kappa shape index (κ2) is 7.00. The number of aryl methyl sites for hydroxylation is 3. The van der Waals surface area contributed by atoms with Crippen LogP contribution in [-0.2, 0) is 24.8 Å². The molecule has 194 valence electrons. The Hall–Kier alpha value is -2.77. The highest BCUT2D eigenvalue weighted by Crippen LogP contribution is 2.67. The SMILES string of the molecule is Cc1ccc(O)c2c1[C@]13CCN(CC4CC4)[C@H](C)[C@]1(O)Cc1c(n4c5c(cc(F)c(O)c15)CCC4)[C@@H]3O2. The number of hydrogen-bond donors (Lipinski definition) is 3. The van der Waals surface area contributed by atoms with Crippen LogP contribution < -0.4 is 4.74 Å². The minimum atomic E-state index is -1.23. The molecule has 0 unspecified atom stereocenters. The third-order valence-electron chi connectivity index (χ3n) is 10.5. The van der Waals surface area contributed by atoms with Crippen LogP contribution in [0.5, 0.6) is 17.2 Å². The zero-order valence-corrected chi connectivity index (χ0v) is 21.4. The molecule has 2 aliphatic carbocycles. The smallest absolute Gasteiger partial charge is 0.166 e. The Morgan fingerprint density at radius 3 is 2.78 bits per heavy atom.